The Morgan fingerprint density at radius 2 is 1.94 bits per heavy atom. The molecule has 11 heteroatoms. The van der Waals surface area contributed by atoms with Crippen molar-refractivity contribution in [1.82, 2.24) is 19.1 Å². The molecule has 2 heterocycles. The Kier molecular flexibility index (Phi) is 6.76. The van der Waals surface area contributed by atoms with E-state index in [1.54, 1.807) is 25.2 Å². The highest BCUT2D eigenvalue weighted by Gasteiger charge is 2.24. The van der Waals surface area contributed by atoms with Crippen molar-refractivity contribution in [2.24, 2.45) is 14.1 Å². The number of nitrogens with zero attached hydrogens (tertiary/aromatic N) is 4. The van der Waals surface area contributed by atoms with E-state index in [1.807, 2.05) is 0 Å². The van der Waals surface area contributed by atoms with Crippen molar-refractivity contribution in [1.29, 1.82) is 0 Å². The van der Waals surface area contributed by atoms with Gasteiger partial charge >= 0.3 is 5.69 Å². The Bertz CT molecular complexity index is 1350. The normalized spacial score (nSPS) is 14.1. The summed E-state index contributed by atoms with van der Waals surface area (Å²) in [6.07, 6.45) is 4.11. The molecule has 9 nitrogen and oxygen atoms in total. The molecule has 1 aromatic carbocycles. The third kappa shape index (κ3) is 4.63. The smallest absolute Gasteiger partial charge is 0.332 e. The SMILES string of the molecule is COc1ccc(Cl)cc1NC(=O)CSc1nc(C2CCCC2)nc2c1c(=O)n(C)c(=O)n2C. The molecule has 0 bridgehead atoms. The molecule has 2 aromatic heterocycles. The van der Waals surface area contributed by atoms with Gasteiger partial charge in [0.15, 0.2) is 5.65 Å². The first-order valence-electron chi connectivity index (χ1n) is 10.5. The molecule has 0 unspecified atom stereocenters. The molecule has 3 aromatic rings. The minimum Gasteiger partial charge on any atom is -0.495 e. The largest absolute Gasteiger partial charge is 0.495 e. The van der Waals surface area contributed by atoms with Crippen molar-refractivity contribution in [3.05, 3.63) is 49.9 Å². The second-order valence-electron chi connectivity index (χ2n) is 7.95. The summed E-state index contributed by atoms with van der Waals surface area (Å²) in [7, 11) is 4.51. The molecule has 4 rings (SSSR count). The van der Waals surface area contributed by atoms with Crippen LogP contribution in [0.3, 0.4) is 0 Å². The predicted octanol–water partition coefficient (Wildman–Crippen LogP) is 3.08. The molecule has 0 aliphatic heterocycles. The minimum atomic E-state index is -0.481. The third-order valence-corrected chi connectivity index (χ3v) is 6.99. The highest BCUT2D eigenvalue weighted by atomic mass is 35.5. The Hall–Kier alpha value is -2.85. The molecular weight excluding hydrogens is 466 g/mol. The summed E-state index contributed by atoms with van der Waals surface area (Å²) in [6, 6.07) is 4.94. The lowest BCUT2D eigenvalue weighted by Gasteiger charge is -2.14. The Morgan fingerprint density at radius 3 is 2.64 bits per heavy atom. The monoisotopic (exact) mass is 489 g/mol. The van der Waals surface area contributed by atoms with Gasteiger partial charge < -0.3 is 10.1 Å². The molecule has 0 spiro atoms. The number of benzene rings is 1. The van der Waals surface area contributed by atoms with E-state index in [4.69, 9.17) is 16.3 Å². The lowest BCUT2D eigenvalue weighted by Crippen LogP contribution is -2.38. The Balaban J connectivity index is 1.69. The number of carbonyl (C=O) groups is 1. The number of fused-ring (bicyclic) bond motifs is 1. The van der Waals surface area contributed by atoms with Crippen molar-refractivity contribution in [2.75, 3.05) is 18.2 Å². The van der Waals surface area contributed by atoms with Gasteiger partial charge in [-0.25, -0.2) is 14.8 Å². The van der Waals surface area contributed by atoms with Crippen LogP contribution in [-0.2, 0) is 18.9 Å². The molecule has 0 radical (unpaired) electrons. The van der Waals surface area contributed by atoms with Crippen LogP contribution in [-0.4, -0.2) is 37.9 Å². The van der Waals surface area contributed by atoms with E-state index in [2.05, 4.69) is 15.3 Å². The third-order valence-electron chi connectivity index (χ3n) is 5.78. The quantitative estimate of drug-likeness (QED) is 0.418. The zero-order chi connectivity index (χ0) is 23.7. The van der Waals surface area contributed by atoms with Crippen LogP contribution >= 0.6 is 23.4 Å². The maximum Gasteiger partial charge on any atom is 0.332 e. The van der Waals surface area contributed by atoms with Gasteiger partial charge in [-0.05, 0) is 31.0 Å². The van der Waals surface area contributed by atoms with E-state index in [0.717, 1.165) is 42.0 Å². The van der Waals surface area contributed by atoms with Gasteiger partial charge in [-0.2, -0.15) is 0 Å². The van der Waals surface area contributed by atoms with Gasteiger partial charge in [-0.1, -0.05) is 36.2 Å². The summed E-state index contributed by atoms with van der Waals surface area (Å²) < 4.78 is 7.66. The van der Waals surface area contributed by atoms with Crippen LogP contribution in [0.5, 0.6) is 5.75 Å². The highest BCUT2D eigenvalue weighted by Crippen LogP contribution is 2.34. The van der Waals surface area contributed by atoms with Crippen LogP contribution in [0.2, 0.25) is 5.02 Å². The maximum absolute atomic E-state index is 12.9. The van der Waals surface area contributed by atoms with E-state index in [0.29, 0.717) is 33.0 Å². The summed E-state index contributed by atoms with van der Waals surface area (Å²) >= 11 is 7.18. The first kappa shape index (κ1) is 23.3. The zero-order valence-corrected chi connectivity index (χ0v) is 20.1. The molecule has 1 amide bonds. The topological polar surface area (TPSA) is 108 Å². The average Bonchev–Trinajstić information content (AvgIpc) is 3.34. The summed E-state index contributed by atoms with van der Waals surface area (Å²) in [5.74, 6) is 0.965. The molecule has 1 saturated carbocycles. The van der Waals surface area contributed by atoms with Gasteiger partial charge in [-0.15, -0.1) is 0 Å². The molecule has 1 fully saturated rings. The summed E-state index contributed by atoms with van der Waals surface area (Å²) in [5, 5.41) is 3.88. The average molecular weight is 490 g/mol. The van der Waals surface area contributed by atoms with Crippen LogP contribution in [0.15, 0.2) is 32.8 Å². The first-order chi connectivity index (χ1) is 15.8. The lowest BCUT2D eigenvalue weighted by molar-refractivity contribution is -0.113. The number of aromatic nitrogens is 4. The molecule has 0 saturated heterocycles. The van der Waals surface area contributed by atoms with Crippen LogP contribution in [0.25, 0.3) is 11.0 Å². The number of ether oxygens (including phenoxy) is 1. The van der Waals surface area contributed by atoms with E-state index < -0.39 is 11.2 Å². The number of nitrogens with one attached hydrogen (secondary N) is 1. The van der Waals surface area contributed by atoms with Crippen LogP contribution < -0.4 is 21.3 Å². The minimum absolute atomic E-state index is 0.00210. The number of hydrogen-bond acceptors (Lipinski definition) is 7. The van der Waals surface area contributed by atoms with Gasteiger partial charge in [0.1, 0.15) is 22.0 Å². The van der Waals surface area contributed by atoms with E-state index in [-0.39, 0.29) is 23.0 Å². The fourth-order valence-corrected chi connectivity index (χ4v) is 5.01. The number of hydrogen-bond donors (Lipinski definition) is 1. The van der Waals surface area contributed by atoms with Gasteiger partial charge in [-0.3, -0.25) is 18.7 Å². The first-order valence-corrected chi connectivity index (χ1v) is 11.9. The summed E-state index contributed by atoms with van der Waals surface area (Å²) in [6.45, 7) is 0. The summed E-state index contributed by atoms with van der Waals surface area (Å²) in [5.41, 5.74) is -0.191. The van der Waals surface area contributed by atoms with Crippen LogP contribution in [0.1, 0.15) is 37.4 Å². The van der Waals surface area contributed by atoms with Crippen LogP contribution in [0, 0.1) is 0 Å². The highest BCUT2D eigenvalue weighted by molar-refractivity contribution is 8.00. The maximum atomic E-state index is 12.9. The molecule has 174 valence electrons. The van der Waals surface area contributed by atoms with Crippen molar-refractivity contribution in [2.45, 2.75) is 36.6 Å². The summed E-state index contributed by atoms with van der Waals surface area (Å²) in [4.78, 5) is 47.4. The number of methoxy groups -OCH3 is 1. The number of thioether (sulfide) groups is 1. The molecular formula is C22H24ClN5O4S. The molecule has 33 heavy (non-hydrogen) atoms. The molecule has 1 aliphatic rings. The lowest BCUT2D eigenvalue weighted by atomic mass is 10.1. The number of rotatable bonds is 6. The Labute approximate surface area is 199 Å². The van der Waals surface area contributed by atoms with Gasteiger partial charge in [0.25, 0.3) is 5.56 Å². The fourth-order valence-electron chi connectivity index (χ4n) is 4.01. The van der Waals surface area contributed by atoms with E-state index in [1.165, 1.54) is 18.7 Å². The zero-order valence-electron chi connectivity index (χ0n) is 18.6. The number of amides is 1. The van der Waals surface area contributed by atoms with Gasteiger partial charge in [0.05, 0.1) is 18.6 Å². The Morgan fingerprint density at radius 1 is 1.21 bits per heavy atom. The molecule has 1 aliphatic carbocycles. The predicted molar refractivity (Wildman–Crippen MR) is 129 cm³/mol. The van der Waals surface area contributed by atoms with Crippen molar-refractivity contribution in [3.63, 3.8) is 0 Å². The number of anilines is 1. The van der Waals surface area contributed by atoms with Crippen molar-refractivity contribution in [3.8, 4) is 5.75 Å². The van der Waals surface area contributed by atoms with E-state index >= 15 is 0 Å². The van der Waals surface area contributed by atoms with Gasteiger partial charge in [0.2, 0.25) is 5.91 Å². The fraction of sp³-hybridized carbons (Fsp3) is 0.409. The number of halogens is 1. The van der Waals surface area contributed by atoms with Crippen molar-refractivity contribution >= 4 is 46.0 Å². The number of carbonyl (C=O) groups excluding carboxylic acids is 1. The number of aryl methyl sites for hydroxylation is 1. The van der Waals surface area contributed by atoms with Gasteiger partial charge in [0, 0.05) is 25.0 Å². The second kappa shape index (κ2) is 9.56. The molecule has 1 N–H and O–H groups in total. The second-order valence-corrected chi connectivity index (χ2v) is 9.35. The molecule has 0 atom stereocenters. The standard InChI is InChI=1S/C22H24ClN5O4S/c1-27-19-17(21(30)28(2)22(27)31)20(26-18(25-19)12-6-4-5-7-12)33-11-16(29)24-14-10-13(23)8-9-15(14)32-3/h8-10,12H,4-7,11H2,1-3H3,(H,24,29). The van der Waals surface area contributed by atoms with E-state index in [9.17, 15) is 14.4 Å². The van der Waals surface area contributed by atoms with Crippen molar-refractivity contribution < 1.29 is 9.53 Å². The van der Waals surface area contributed by atoms with Crippen LogP contribution in [0.4, 0.5) is 5.69 Å².